The molecule has 0 radical (unpaired) electrons. The smallest absolute Gasteiger partial charge is 0.270 e. The van der Waals surface area contributed by atoms with E-state index < -0.39 is 11.8 Å². The van der Waals surface area contributed by atoms with Crippen LogP contribution >= 0.6 is 39.7 Å². The molecule has 2 aromatic carbocycles. The van der Waals surface area contributed by atoms with Crippen molar-refractivity contribution >= 4 is 68.4 Å². The topological polar surface area (TPSA) is 62.6 Å². The Kier molecular flexibility index (Phi) is 6.33. The van der Waals surface area contributed by atoms with Crippen LogP contribution in [0.4, 0.5) is 5.69 Å². The molecule has 0 atom stereocenters. The lowest BCUT2D eigenvalue weighted by molar-refractivity contribution is -0.122. The predicted octanol–water partition coefficient (Wildman–Crippen LogP) is 5.73. The average Bonchev–Trinajstić information content (AvgIpc) is 3.07. The molecular formula is C24H18BrClN2O3S. The van der Waals surface area contributed by atoms with E-state index >= 15 is 0 Å². The Labute approximate surface area is 204 Å². The Balaban J connectivity index is 1.65. The van der Waals surface area contributed by atoms with Gasteiger partial charge in [0.25, 0.3) is 11.8 Å². The SMILES string of the molecule is Cc1ccc(N2C(=O)C(=Cc3cc(Br)c(Cc4ccc(Cl)cc4)o3)C(=O)NC2=S)c(C)c1. The van der Waals surface area contributed by atoms with Gasteiger partial charge in [0.15, 0.2) is 5.11 Å². The largest absolute Gasteiger partial charge is 0.460 e. The summed E-state index contributed by atoms with van der Waals surface area (Å²) in [7, 11) is 0. The Morgan fingerprint density at radius 2 is 1.84 bits per heavy atom. The number of furan rings is 1. The normalized spacial score (nSPS) is 15.4. The highest BCUT2D eigenvalue weighted by atomic mass is 79.9. The summed E-state index contributed by atoms with van der Waals surface area (Å²) >= 11 is 14.7. The van der Waals surface area contributed by atoms with E-state index in [4.69, 9.17) is 28.2 Å². The van der Waals surface area contributed by atoms with E-state index in [-0.39, 0.29) is 10.7 Å². The molecule has 1 saturated heterocycles. The maximum absolute atomic E-state index is 13.2. The maximum Gasteiger partial charge on any atom is 0.270 e. The molecule has 1 N–H and O–H groups in total. The number of thiocarbonyl (C=S) groups is 1. The van der Waals surface area contributed by atoms with Crippen LogP contribution in [0.3, 0.4) is 0 Å². The summed E-state index contributed by atoms with van der Waals surface area (Å²) in [6.07, 6.45) is 1.96. The molecule has 2 amide bonds. The zero-order valence-electron chi connectivity index (χ0n) is 17.2. The number of benzene rings is 2. The minimum Gasteiger partial charge on any atom is -0.460 e. The highest BCUT2D eigenvalue weighted by Crippen LogP contribution is 2.29. The third-order valence-corrected chi connectivity index (χ3v) is 6.24. The number of amides is 2. The fourth-order valence-corrected chi connectivity index (χ4v) is 4.33. The van der Waals surface area contributed by atoms with Gasteiger partial charge in [-0.15, -0.1) is 0 Å². The van der Waals surface area contributed by atoms with Gasteiger partial charge in [-0.25, -0.2) is 0 Å². The molecule has 2 heterocycles. The van der Waals surface area contributed by atoms with Crippen LogP contribution in [-0.4, -0.2) is 16.9 Å². The minimum atomic E-state index is -0.562. The quantitative estimate of drug-likeness (QED) is 0.266. The number of carbonyl (C=O) groups excluding carboxylic acids is 2. The van der Waals surface area contributed by atoms with Crippen molar-refractivity contribution in [1.82, 2.24) is 5.32 Å². The molecule has 1 fully saturated rings. The molecule has 1 aromatic heterocycles. The van der Waals surface area contributed by atoms with Crippen LogP contribution in [0.2, 0.25) is 5.02 Å². The first kappa shape index (κ1) is 22.5. The number of nitrogens with zero attached hydrogens (tertiary/aromatic N) is 1. The number of halogens is 2. The number of carbonyl (C=O) groups is 2. The van der Waals surface area contributed by atoms with E-state index in [1.165, 1.54) is 11.0 Å². The van der Waals surface area contributed by atoms with E-state index in [0.29, 0.717) is 28.7 Å². The second kappa shape index (κ2) is 9.02. The molecule has 0 aliphatic carbocycles. The van der Waals surface area contributed by atoms with Crippen LogP contribution in [-0.2, 0) is 16.0 Å². The zero-order valence-corrected chi connectivity index (χ0v) is 20.4. The van der Waals surface area contributed by atoms with Crippen molar-refractivity contribution in [2.75, 3.05) is 4.90 Å². The molecule has 4 rings (SSSR count). The Bertz CT molecular complexity index is 1280. The molecule has 1 aliphatic heterocycles. The van der Waals surface area contributed by atoms with Crippen LogP contribution in [0.1, 0.15) is 28.2 Å². The van der Waals surface area contributed by atoms with Gasteiger partial charge in [-0.1, -0.05) is 41.4 Å². The number of hydrogen-bond donors (Lipinski definition) is 1. The predicted molar refractivity (Wildman–Crippen MR) is 133 cm³/mol. The maximum atomic E-state index is 13.2. The summed E-state index contributed by atoms with van der Waals surface area (Å²) in [6, 6.07) is 14.8. The standard InChI is InChI=1S/C24H18BrClN2O3S/c1-13-3-8-20(14(2)9-13)28-23(30)18(22(29)27-24(28)32)11-17-12-19(25)21(31-17)10-15-4-6-16(26)7-5-15/h3-9,11-12H,10H2,1-2H3,(H,27,29,32). The lowest BCUT2D eigenvalue weighted by Crippen LogP contribution is -2.54. The molecule has 0 bridgehead atoms. The van der Waals surface area contributed by atoms with Crippen LogP contribution in [0.15, 0.2) is 63.0 Å². The molecule has 162 valence electrons. The van der Waals surface area contributed by atoms with Crippen molar-refractivity contribution in [3.8, 4) is 0 Å². The van der Waals surface area contributed by atoms with Crippen LogP contribution in [0, 0.1) is 13.8 Å². The highest BCUT2D eigenvalue weighted by Gasteiger charge is 2.35. The summed E-state index contributed by atoms with van der Waals surface area (Å²) in [4.78, 5) is 27.2. The van der Waals surface area contributed by atoms with Gasteiger partial charge in [-0.05, 0) is 83.5 Å². The molecule has 1 aliphatic rings. The second-order valence-electron chi connectivity index (χ2n) is 7.47. The number of nitrogens with one attached hydrogen (secondary N) is 1. The van der Waals surface area contributed by atoms with Crippen molar-refractivity contribution in [3.05, 3.63) is 91.8 Å². The van der Waals surface area contributed by atoms with Crippen molar-refractivity contribution in [1.29, 1.82) is 0 Å². The Morgan fingerprint density at radius 3 is 2.53 bits per heavy atom. The van der Waals surface area contributed by atoms with Crippen LogP contribution < -0.4 is 10.2 Å². The summed E-state index contributed by atoms with van der Waals surface area (Å²) in [6.45, 7) is 3.86. The number of hydrogen-bond acceptors (Lipinski definition) is 4. The fourth-order valence-electron chi connectivity index (χ4n) is 3.48. The van der Waals surface area contributed by atoms with E-state index in [9.17, 15) is 9.59 Å². The van der Waals surface area contributed by atoms with E-state index in [2.05, 4.69) is 21.2 Å². The lowest BCUT2D eigenvalue weighted by atomic mass is 10.1. The first-order chi connectivity index (χ1) is 15.2. The number of aryl methyl sites for hydroxylation is 2. The third kappa shape index (κ3) is 4.55. The molecule has 0 spiro atoms. The van der Waals surface area contributed by atoms with Gasteiger partial charge in [0, 0.05) is 11.4 Å². The van der Waals surface area contributed by atoms with Gasteiger partial charge in [-0.3, -0.25) is 19.8 Å². The summed E-state index contributed by atoms with van der Waals surface area (Å²) in [5.41, 5.74) is 3.53. The highest BCUT2D eigenvalue weighted by molar-refractivity contribution is 9.10. The van der Waals surface area contributed by atoms with Gasteiger partial charge < -0.3 is 4.42 Å². The average molecular weight is 530 g/mol. The van der Waals surface area contributed by atoms with Gasteiger partial charge in [-0.2, -0.15) is 0 Å². The minimum absolute atomic E-state index is 0.0492. The number of anilines is 1. The first-order valence-electron chi connectivity index (χ1n) is 9.74. The molecule has 32 heavy (non-hydrogen) atoms. The van der Waals surface area contributed by atoms with Gasteiger partial charge >= 0.3 is 0 Å². The molecule has 5 nitrogen and oxygen atoms in total. The van der Waals surface area contributed by atoms with Crippen molar-refractivity contribution in [3.63, 3.8) is 0 Å². The zero-order chi connectivity index (χ0) is 23.0. The summed E-state index contributed by atoms with van der Waals surface area (Å²) < 4.78 is 6.66. The van der Waals surface area contributed by atoms with E-state index in [1.54, 1.807) is 6.07 Å². The van der Waals surface area contributed by atoms with E-state index in [0.717, 1.165) is 21.2 Å². The molecule has 8 heteroatoms. The van der Waals surface area contributed by atoms with Gasteiger partial charge in [0.1, 0.15) is 17.1 Å². The molecule has 3 aromatic rings. The van der Waals surface area contributed by atoms with Crippen molar-refractivity contribution in [2.24, 2.45) is 0 Å². The molecule has 0 unspecified atom stereocenters. The number of rotatable bonds is 4. The lowest BCUT2D eigenvalue weighted by Gasteiger charge is -2.30. The second-order valence-corrected chi connectivity index (χ2v) is 9.15. The monoisotopic (exact) mass is 528 g/mol. The van der Waals surface area contributed by atoms with Crippen molar-refractivity contribution < 1.29 is 14.0 Å². The molecule has 0 saturated carbocycles. The summed E-state index contributed by atoms with van der Waals surface area (Å²) in [5.74, 6) is -0.0115. The van der Waals surface area contributed by atoms with E-state index in [1.807, 2.05) is 56.3 Å². The molecular weight excluding hydrogens is 512 g/mol. The fraction of sp³-hybridized carbons (Fsp3) is 0.125. The Morgan fingerprint density at radius 1 is 1.12 bits per heavy atom. The van der Waals surface area contributed by atoms with Crippen LogP contribution in [0.5, 0.6) is 0 Å². The Hall–Kier alpha value is -2.74. The van der Waals surface area contributed by atoms with Crippen LogP contribution in [0.25, 0.3) is 6.08 Å². The third-order valence-electron chi connectivity index (χ3n) is 5.04. The van der Waals surface area contributed by atoms with Gasteiger partial charge in [0.2, 0.25) is 0 Å². The van der Waals surface area contributed by atoms with Crippen molar-refractivity contribution in [2.45, 2.75) is 20.3 Å². The van der Waals surface area contributed by atoms with Gasteiger partial charge in [0.05, 0.1) is 10.2 Å². The first-order valence-corrected chi connectivity index (χ1v) is 11.3. The summed E-state index contributed by atoms with van der Waals surface area (Å²) in [5, 5.41) is 3.31.